The second-order valence-electron chi connectivity index (χ2n) is 5.27. The first-order chi connectivity index (χ1) is 7.72. The lowest BCUT2D eigenvalue weighted by molar-refractivity contribution is 0.211. The predicted octanol–water partition coefficient (Wildman–Crippen LogP) is 3.67. The van der Waals surface area contributed by atoms with Crippen molar-refractivity contribution in [2.75, 3.05) is 7.05 Å². The fourth-order valence-corrected chi connectivity index (χ4v) is 3.07. The first-order valence-corrected chi connectivity index (χ1v) is 6.43. The Morgan fingerprint density at radius 2 is 2.25 bits per heavy atom. The summed E-state index contributed by atoms with van der Waals surface area (Å²) in [5, 5.41) is 3.44. The van der Waals surface area contributed by atoms with Gasteiger partial charge in [-0.15, -0.1) is 0 Å². The van der Waals surface area contributed by atoms with E-state index < -0.39 is 0 Å². The van der Waals surface area contributed by atoms with Gasteiger partial charge in [-0.2, -0.15) is 0 Å². The SMILES string of the molecule is CNC(c1occc1C)C1CCCC(C)C1. The Morgan fingerprint density at radius 1 is 1.44 bits per heavy atom. The molecule has 1 aromatic heterocycles. The minimum atomic E-state index is 0.401. The van der Waals surface area contributed by atoms with Crippen molar-refractivity contribution in [1.29, 1.82) is 0 Å². The molecule has 1 N–H and O–H groups in total. The number of aryl methyl sites for hydroxylation is 1. The van der Waals surface area contributed by atoms with Gasteiger partial charge in [-0.05, 0) is 50.3 Å². The Bertz CT molecular complexity index is 331. The summed E-state index contributed by atoms with van der Waals surface area (Å²) >= 11 is 0. The summed E-state index contributed by atoms with van der Waals surface area (Å²) in [4.78, 5) is 0. The van der Waals surface area contributed by atoms with Crippen LogP contribution in [0.3, 0.4) is 0 Å². The maximum absolute atomic E-state index is 5.64. The molecule has 1 aliphatic carbocycles. The lowest BCUT2D eigenvalue weighted by atomic mass is 9.77. The van der Waals surface area contributed by atoms with Gasteiger partial charge >= 0.3 is 0 Å². The van der Waals surface area contributed by atoms with E-state index in [2.05, 4.69) is 25.2 Å². The standard InChI is InChI=1S/C14H23NO/c1-10-5-4-6-12(9-10)13(15-3)14-11(2)7-8-16-14/h7-8,10,12-13,15H,4-6,9H2,1-3H3. The third kappa shape index (κ3) is 2.32. The molecule has 0 bridgehead atoms. The number of nitrogens with one attached hydrogen (secondary N) is 1. The van der Waals surface area contributed by atoms with Gasteiger partial charge in [0.2, 0.25) is 0 Å². The van der Waals surface area contributed by atoms with E-state index in [4.69, 9.17) is 4.42 Å². The van der Waals surface area contributed by atoms with Crippen LogP contribution in [0.4, 0.5) is 0 Å². The number of hydrogen-bond acceptors (Lipinski definition) is 2. The van der Waals surface area contributed by atoms with Crippen LogP contribution in [0.2, 0.25) is 0 Å². The average Bonchev–Trinajstić information content (AvgIpc) is 2.67. The van der Waals surface area contributed by atoms with Gasteiger partial charge in [-0.25, -0.2) is 0 Å². The molecule has 3 atom stereocenters. The quantitative estimate of drug-likeness (QED) is 0.842. The zero-order chi connectivity index (χ0) is 11.5. The Hall–Kier alpha value is -0.760. The Morgan fingerprint density at radius 3 is 2.81 bits per heavy atom. The summed E-state index contributed by atoms with van der Waals surface area (Å²) in [6.07, 6.45) is 7.22. The highest BCUT2D eigenvalue weighted by Gasteiger charge is 2.29. The summed E-state index contributed by atoms with van der Waals surface area (Å²) in [7, 11) is 2.05. The average molecular weight is 221 g/mol. The maximum Gasteiger partial charge on any atom is 0.123 e. The van der Waals surface area contributed by atoms with Crippen molar-refractivity contribution in [2.45, 2.75) is 45.6 Å². The zero-order valence-electron chi connectivity index (χ0n) is 10.6. The maximum atomic E-state index is 5.64. The van der Waals surface area contributed by atoms with E-state index in [0.29, 0.717) is 6.04 Å². The molecule has 1 saturated carbocycles. The Labute approximate surface area is 98.4 Å². The van der Waals surface area contributed by atoms with Crippen LogP contribution in [-0.4, -0.2) is 7.05 Å². The molecule has 1 aromatic rings. The van der Waals surface area contributed by atoms with Crippen LogP contribution in [0.25, 0.3) is 0 Å². The monoisotopic (exact) mass is 221 g/mol. The molecule has 0 saturated heterocycles. The van der Waals surface area contributed by atoms with Gasteiger partial charge in [0.25, 0.3) is 0 Å². The van der Waals surface area contributed by atoms with Gasteiger partial charge in [-0.3, -0.25) is 0 Å². The van der Waals surface area contributed by atoms with Crippen LogP contribution in [-0.2, 0) is 0 Å². The molecule has 0 spiro atoms. The molecule has 1 fully saturated rings. The summed E-state index contributed by atoms with van der Waals surface area (Å²) in [5.74, 6) is 2.74. The Balaban J connectivity index is 2.13. The van der Waals surface area contributed by atoms with E-state index >= 15 is 0 Å². The molecular formula is C14H23NO. The molecule has 3 unspecified atom stereocenters. The van der Waals surface area contributed by atoms with Gasteiger partial charge in [0.05, 0.1) is 12.3 Å². The summed E-state index contributed by atoms with van der Waals surface area (Å²) in [5.41, 5.74) is 1.28. The van der Waals surface area contributed by atoms with Crippen molar-refractivity contribution in [3.63, 3.8) is 0 Å². The lowest BCUT2D eigenvalue weighted by Crippen LogP contribution is -2.29. The van der Waals surface area contributed by atoms with Gasteiger partial charge in [0, 0.05) is 0 Å². The fourth-order valence-electron chi connectivity index (χ4n) is 3.07. The number of rotatable bonds is 3. The summed E-state index contributed by atoms with van der Waals surface area (Å²) < 4.78 is 5.64. The highest BCUT2D eigenvalue weighted by atomic mass is 16.3. The third-order valence-corrected chi connectivity index (χ3v) is 3.94. The summed E-state index contributed by atoms with van der Waals surface area (Å²) in [6, 6.07) is 2.46. The number of hydrogen-bond donors (Lipinski definition) is 1. The van der Waals surface area contributed by atoms with E-state index in [-0.39, 0.29) is 0 Å². The molecule has 90 valence electrons. The van der Waals surface area contributed by atoms with Crippen LogP contribution in [0.15, 0.2) is 16.7 Å². The molecular weight excluding hydrogens is 198 g/mol. The molecule has 1 heterocycles. The van der Waals surface area contributed by atoms with Crippen molar-refractivity contribution in [3.05, 3.63) is 23.7 Å². The highest BCUT2D eigenvalue weighted by molar-refractivity contribution is 5.19. The molecule has 0 amide bonds. The minimum absolute atomic E-state index is 0.401. The van der Waals surface area contributed by atoms with Crippen LogP contribution in [0.1, 0.15) is 50.0 Å². The van der Waals surface area contributed by atoms with Crippen molar-refractivity contribution in [2.24, 2.45) is 11.8 Å². The lowest BCUT2D eigenvalue weighted by Gasteiger charge is -2.32. The van der Waals surface area contributed by atoms with Crippen LogP contribution >= 0.6 is 0 Å². The third-order valence-electron chi connectivity index (χ3n) is 3.94. The van der Waals surface area contributed by atoms with E-state index in [1.165, 1.54) is 31.2 Å². The van der Waals surface area contributed by atoms with Crippen molar-refractivity contribution >= 4 is 0 Å². The van der Waals surface area contributed by atoms with Crippen molar-refractivity contribution < 1.29 is 4.42 Å². The normalized spacial score (nSPS) is 27.9. The first-order valence-electron chi connectivity index (χ1n) is 6.43. The zero-order valence-corrected chi connectivity index (χ0v) is 10.6. The van der Waals surface area contributed by atoms with Crippen molar-refractivity contribution in [3.8, 4) is 0 Å². The highest BCUT2D eigenvalue weighted by Crippen LogP contribution is 2.37. The largest absolute Gasteiger partial charge is 0.467 e. The minimum Gasteiger partial charge on any atom is -0.467 e. The fraction of sp³-hybridized carbons (Fsp3) is 0.714. The topological polar surface area (TPSA) is 25.2 Å². The molecule has 0 aliphatic heterocycles. The van der Waals surface area contributed by atoms with E-state index in [1.54, 1.807) is 6.26 Å². The van der Waals surface area contributed by atoms with E-state index in [9.17, 15) is 0 Å². The van der Waals surface area contributed by atoms with Gasteiger partial charge in [-0.1, -0.05) is 19.8 Å². The molecule has 0 aromatic carbocycles. The molecule has 16 heavy (non-hydrogen) atoms. The number of furan rings is 1. The van der Waals surface area contributed by atoms with Gasteiger partial charge < -0.3 is 9.73 Å². The Kier molecular flexibility index (Phi) is 3.70. The second kappa shape index (κ2) is 5.05. The van der Waals surface area contributed by atoms with Crippen LogP contribution in [0.5, 0.6) is 0 Å². The van der Waals surface area contributed by atoms with Crippen LogP contribution < -0.4 is 5.32 Å². The summed E-state index contributed by atoms with van der Waals surface area (Å²) in [6.45, 7) is 4.50. The van der Waals surface area contributed by atoms with E-state index in [1.807, 2.05) is 7.05 Å². The molecule has 0 radical (unpaired) electrons. The smallest absolute Gasteiger partial charge is 0.123 e. The van der Waals surface area contributed by atoms with E-state index in [0.717, 1.165) is 17.6 Å². The molecule has 2 nitrogen and oxygen atoms in total. The second-order valence-corrected chi connectivity index (χ2v) is 5.27. The van der Waals surface area contributed by atoms with Crippen molar-refractivity contribution in [1.82, 2.24) is 5.32 Å². The molecule has 2 rings (SSSR count). The van der Waals surface area contributed by atoms with Crippen LogP contribution in [0, 0.1) is 18.8 Å². The predicted molar refractivity (Wildman–Crippen MR) is 66.4 cm³/mol. The van der Waals surface area contributed by atoms with Gasteiger partial charge in [0.15, 0.2) is 0 Å². The molecule has 2 heteroatoms. The first kappa shape index (κ1) is 11.7. The van der Waals surface area contributed by atoms with Gasteiger partial charge in [0.1, 0.15) is 5.76 Å². The molecule has 1 aliphatic rings.